The first-order valence-electron chi connectivity index (χ1n) is 14.5. The quantitative estimate of drug-likeness (QED) is 0.180. The Balaban J connectivity index is 1.13. The molecule has 5 heterocycles. The van der Waals surface area contributed by atoms with Gasteiger partial charge >= 0.3 is 0 Å². The van der Waals surface area contributed by atoms with Gasteiger partial charge in [-0.1, -0.05) is 12.1 Å². The maximum atomic E-state index is 13.2. The Kier molecular flexibility index (Phi) is 9.07. The maximum absolute atomic E-state index is 13.2. The summed E-state index contributed by atoms with van der Waals surface area (Å²) in [4.78, 5) is 31.3. The lowest BCUT2D eigenvalue weighted by Crippen LogP contribution is -2.43. The number of pyridine rings is 1. The zero-order valence-corrected chi connectivity index (χ0v) is 26.2. The fourth-order valence-electron chi connectivity index (χ4n) is 5.27. The monoisotopic (exact) mass is 648 g/mol. The molecule has 1 aromatic carbocycles. The molecule has 45 heavy (non-hydrogen) atoms. The van der Waals surface area contributed by atoms with Crippen molar-refractivity contribution in [3.8, 4) is 5.82 Å². The number of carbonyl (C=O) groups excluding carboxylic acids is 1. The van der Waals surface area contributed by atoms with Gasteiger partial charge in [-0.25, -0.2) is 23.4 Å². The van der Waals surface area contributed by atoms with E-state index in [0.717, 1.165) is 38.3 Å². The number of amides is 1. The van der Waals surface area contributed by atoms with E-state index in [4.69, 9.17) is 10.7 Å². The second kappa shape index (κ2) is 13.3. The average Bonchev–Trinajstić information content (AvgIpc) is 3.67. The summed E-state index contributed by atoms with van der Waals surface area (Å²) in [5, 5.41) is 13.7. The number of anilines is 3. The Hall–Kier alpha value is -4.37. The minimum atomic E-state index is -3.54. The van der Waals surface area contributed by atoms with Crippen LogP contribution in [0.4, 0.5) is 17.2 Å². The molecule has 1 aliphatic rings. The van der Waals surface area contributed by atoms with E-state index in [9.17, 15) is 13.2 Å². The highest BCUT2D eigenvalue weighted by molar-refractivity contribution is 8.13. The van der Waals surface area contributed by atoms with Gasteiger partial charge in [-0.05, 0) is 61.3 Å². The summed E-state index contributed by atoms with van der Waals surface area (Å²) in [7, 11) is 3.95. The van der Waals surface area contributed by atoms with E-state index in [0.29, 0.717) is 46.9 Å². The number of fused-ring (bicyclic) bond motifs is 1. The molecule has 4 aromatic heterocycles. The van der Waals surface area contributed by atoms with Crippen molar-refractivity contribution in [2.75, 3.05) is 49.6 Å². The number of halogens is 1. The predicted molar refractivity (Wildman–Crippen MR) is 174 cm³/mol. The number of nitrogens with zero attached hydrogens (tertiary/aromatic N) is 7. The molecule has 0 atom stereocenters. The van der Waals surface area contributed by atoms with Crippen molar-refractivity contribution in [1.29, 1.82) is 0 Å². The summed E-state index contributed by atoms with van der Waals surface area (Å²) in [5.41, 5.74) is 4.13. The highest BCUT2D eigenvalue weighted by Crippen LogP contribution is 2.27. The van der Waals surface area contributed by atoms with Gasteiger partial charge in [-0.2, -0.15) is 5.10 Å². The Bertz CT molecular complexity index is 1900. The molecule has 6 rings (SSSR count). The van der Waals surface area contributed by atoms with Crippen LogP contribution in [0.1, 0.15) is 28.0 Å². The highest BCUT2D eigenvalue weighted by Gasteiger charge is 2.18. The first-order valence-corrected chi connectivity index (χ1v) is 17.0. The molecule has 0 aliphatic carbocycles. The third kappa shape index (κ3) is 7.65. The number of likely N-dealkylation sites (N-methyl/N-ethyl adjacent to an activating group) is 1. The van der Waals surface area contributed by atoms with E-state index >= 15 is 0 Å². The number of carbonyl (C=O) groups is 1. The molecule has 0 saturated carbocycles. The van der Waals surface area contributed by atoms with Gasteiger partial charge in [0, 0.05) is 61.5 Å². The van der Waals surface area contributed by atoms with Gasteiger partial charge in [0.25, 0.3) is 5.91 Å². The SMILES string of the molecule is CN1CCN(Cc2ccc(NC(=O)c3[nH]ncc3Nc3ncnc4c3ccn4-c3cc(CCCS(=O)(=O)Cl)ccn3)cc2)CC1. The van der Waals surface area contributed by atoms with Crippen LogP contribution in [0, 0.1) is 0 Å². The van der Waals surface area contributed by atoms with Crippen molar-refractivity contribution >= 4 is 53.9 Å². The zero-order valence-electron chi connectivity index (χ0n) is 24.6. The summed E-state index contributed by atoms with van der Waals surface area (Å²) in [5.74, 6) is 0.677. The topological polar surface area (TPSA) is 154 Å². The Morgan fingerprint density at radius 3 is 2.60 bits per heavy atom. The number of nitrogens with one attached hydrogen (secondary N) is 3. The molecule has 3 N–H and O–H groups in total. The minimum Gasteiger partial charge on any atom is -0.336 e. The van der Waals surface area contributed by atoms with Crippen molar-refractivity contribution in [3.63, 3.8) is 0 Å². The Labute approximate surface area is 265 Å². The molecule has 1 saturated heterocycles. The van der Waals surface area contributed by atoms with Crippen LogP contribution < -0.4 is 10.6 Å². The van der Waals surface area contributed by atoms with E-state index in [1.165, 1.54) is 18.1 Å². The average molecular weight is 649 g/mol. The first kappa shape index (κ1) is 30.6. The summed E-state index contributed by atoms with van der Waals surface area (Å²) < 4.78 is 24.4. The zero-order chi connectivity index (χ0) is 31.4. The van der Waals surface area contributed by atoms with Crippen molar-refractivity contribution in [2.45, 2.75) is 19.4 Å². The van der Waals surface area contributed by atoms with Crippen LogP contribution in [-0.2, 0) is 22.0 Å². The summed E-state index contributed by atoms with van der Waals surface area (Å²) >= 11 is 0. The van der Waals surface area contributed by atoms with Crippen LogP contribution in [0.2, 0.25) is 0 Å². The van der Waals surface area contributed by atoms with Crippen molar-refractivity contribution in [3.05, 3.63) is 84.2 Å². The lowest BCUT2D eigenvalue weighted by molar-refractivity contribution is 0.102. The number of hydrogen-bond donors (Lipinski definition) is 3. The van der Waals surface area contributed by atoms with Crippen LogP contribution in [0.5, 0.6) is 0 Å². The molecule has 0 bridgehead atoms. The van der Waals surface area contributed by atoms with E-state index < -0.39 is 9.05 Å². The molecule has 1 amide bonds. The van der Waals surface area contributed by atoms with Crippen LogP contribution in [0.25, 0.3) is 16.9 Å². The predicted octanol–water partition coefficient (Wildman–Crippen LogP) is 3.78. The molecule has 0 unspecified atom stereocenters. The van der Waals surface area contributed by atoms with Crippen molar-refractivity contribution in [2.24, 2.45) is 0 Å². The lowest BCUT2D eigenvalue weighted by atomic mass is 10.1. The maximum Gasteiger partial charge on any atom is 0.275 e. The standard InChI is InChI=1S/C30H33ClN10O3S/c1-39-12-14-40(15-13-39)19-22-4-6-23(7-5-22)36-30(42)27-25(18-35-38-27)37-28-24-9-11-41(29(24)34-20-33-28)26-17-21(8-10-32-26)3-2-16-45(31,43)44/h4-11,17-18,20H,2-3,12-16,19H2,1H3,(H,35,38)(H,36,42)(H,33,34,37). The largest absolute Gasteiger partial charge is 0.336 e. The molecule has 1 aliphatic heterocycles. The normalized spacial score (nSPS) is 14.5. The van der Waals surface area contributed by atoms with Crippen LogP contribution in [0.15, 0.2) is 67.4 Å². The number of rotatable bonds is 11. The molecule has 5 aromatic rings. The van der Waals surface area contributed by atoms with E-state index in [-0.39, 0.29) is 17.4 Å². The van der Waals surface area contributed by atoms with E-state index in [2.05, 4.69) is 52.6 Å². The van der Waals surface area contributed by atoms with Gasteiger partial charge in [0.05, 0.1) is 23.0 Å². The summed E-state index contributed by atoms with van der Waals surface area (Å²) in [6.45, 7) is 5.11. The van der Waals surface area contributed by atoms with Crippen molar-refractivity contribution in [1.82, 2.24) is 39.5 Å². The molecular formula is C30H33ClN10O3S. The smallest absolute Gasteiger partial charge is 0.275 e. The number of benzene rings is 1. The van der Waals surface area contributed by atoms with Crippen LogP contribution in [0.3, 0.4) is 0 Å². The number of hydrogen-bond acceptors (Lipinski definition) is 10. The lowest BCUT2D eigenvalue weighted by Gasteiger charge is -2.32. The molecular weight excluding hydrogens is 616 g/mol. The number of aromatic amines is 1. The van der Waals surface area contributed by atoms with Gasteiger partial charge in [-0.15, -0.1) is 0 Å². The van der Waals surface area contributed by atoms with Gasteiger partial charge < -0.3 is 15.5 Å². The number of H-pyrrole nitrogens is 1. The molecule has 13 nitrogen and oxygen atoms in total. The van der Waals surface area contributed by atoms with Crippen LogP contribution >= 0.6 is 10.7 Å². The number of piperazine rings is 1. The van der Waals surface area contributed by atoms with E-state index in [1.54, 1.807) is 6.20 Å². The molecule has 234 valence electrons. The first-order chi connectivity index (χ1) is 21.7. The van der Waals surface area contributed by atoms with Crippen molar-refractivity contribution < 1.29 is 13.2 Å². The Morgan fingerprint density at radius 2 is 1.82 bits per heavy atom. The molecule has 0 radical (unpaired) electrons. The third-order valence-corrected chi connectivity index (χ3v) is 8.96. The molecule has 15 heteroatoms. The fourth-order valence-corrected chi connectivity index (χ4v) is 6.08. The highest BCUT2D eigenvalue weighted by atomic mass is 35.7. The van der Waals surface area contributed by atoms with Crippen LogP contribution in [-0.4, -0.2) is 92.8 Å². The molecule has 0 spiro atoms. The van der Waals surface area contributed by atoms with Gasteiger partial charge in [-0.3, -0.25) is 19.4 Å². The second-order valence-electron chi connectivity index (χ2n) is 11.0. The Morgan fingerprint density at radius 1 is 1.02 bits per heavy atom. The summed E-state index contributed by atoms with van der Waals surface area (Å²) in [6.07, 6.45) is 7.40. The minimum absolute atomic E-state index is 0.0988. The van der Waals surface area contributed by atoms with E-state index in [1.807, 2.05) is 53.2 Å². The van der Waals surface area contributed by atoms with Gasteiger partial charge in [0.2, 0.25) is 9.05 Å². The fraction of sp³-hybridized carbons (Fsp3) is 0.300. The summed E-state index contributed by atoms with van der Waals surface area (Å²) in [6, 6.07) is 13.5. The number of aromatic nitrogens is 6. The van der Waals surface area contributed by atoms with Gasteiger partial charge in [0.1, 0.15) is 23.7 Å². The molecule has 1 fully saturated rings. The number of aryl methyl sites for hydroxylation is 1. The second-order valence-corrected chi connectivity index (χ2v) is 13.9. The van der Waals surface area contributed by atoms with Gasteiger partial charge in [0.15, 0.2) is 5.65 Å². The third-order valence-electron chi connectivity index (χ3n) is 7.73.